The van der Waals surface area contributed by atoms with E-state index in [-0.39, 0.29) is 0 Å². The topological polar surface area (TPSA) is 20.2 Å². The maximum absolute atomic E-state index is 9.37. The van der Waals surface area contributed by atoms with Crippen molar-refractivity contribution in [2.75, 3.05) is 0 Å². The van der Waals surface area contributed by atoms with Crippen LogP contribution in [0, 0.1) is 0 Å². The fourth-order valence-electron chi connectivity index (χ4n) is 4.79. The monoisotopic (exact) mass is 396 g/mol. The molecule has 0 bridgehead atoms. The molecule has 7 aromatic carbocycles. The Labute approximate surface area is 180 Å². The lowest BCUT2D eigenvalue weighted by Gasteiger charge is -2.13. The van der Waals surface area contributed by atoms with Crippen molar-refractivity contribution in [3.8, 4) is 5.75 Å². The highest BCUT2D eigenvalue weighted by Crippen LogP contribution is 2.39. The van der Waals surface area contributed by atoms with Gasteiger partial charge >= 0.3 is 0 Å². The predicted molar refractivity (Wildman–Crippen MR) is 133 cm³/mol. The van der Waals surface area contributed by atoms with Gasteiger partial charge in [-0.3, -0.25) is 0 Å². The Bertz CT molecular complexity index is 1520. The highest BCUT2D eigenvalue weighted by Gasteiger charge is 2.11. The molecular weight excluding hydrogens is 376 g/mol. The van der Waals surface area contributed by atoms with Crippen molar-refractivity contribution in [1.29, 1.82) is 0 Å². The molecule has 0 spiro atoms. The maximum atomic E-state index is 9.37. The highest BCUT2D eigenvalue weighted by atomic mass is 16.3. The summed E-state index contributed by atoms with van der Waals surface area (Å²) in [5.74, 6) is 0.350. The van der Waals surface area contributed by atoms with Gasteiger partial charge in [-0.1, -0.05) is 109 Å². The third-order valence-electron chi connectivity index (χ3n) is 6.16. The molecule has 0 atom stereocenters. The number of aromatic hydroxyl groups is 1. The van der Waals surface area contributed by atoms with Crippen molar-refractivity contribution in [3.63, 3.8) is 0 Å². The van der Waals surface area contributed by atoms with E-state index in [1.54, 1.807) is 6.07 Å². The zero-order valence-corrected chi connectivity index (χ0v) is 16.9. The van der Waals surface area contributed by atoms with Crippen LogP contribution in [0.3, 0.4) is 0 Å². The number of benzene rings is 7. The molecule has 0 saturated carbocycles. The molecule has 7 aromatic rings. The average molecular weight is 396 g/mol. The molecule has 0 aliphatic carbocycles. The van der Waals surface area contributed by atoms with Gasteiger partial charge in [0.1, 0.15) is 5.75 Å². The van der Waals surface area contributed by atoms with Crippen molar-refractivity contribution in [2.24, 2.45) is 0 Å². The van der Waals surface area contributed by atoms with Gasteiger partial charge in [-0.2, -0.15) is 0 Å². The highest BCUT2D eigenvalue weighted by molar-refractivity contribution is 6.32. The van der Waals surface area contributed by atoms with Crippen molar-refractivity contribution < 1.29 is 5.11 Å². The van der Waals surface area contributed by atoms with Crippen molar-refractivity contribution in [1.82, 2.24) is 0 Å². The van der Waals surface area contributed by atoms with E-state index in [9.17, 15) is 5.11 Å². The third kappa shape index (κ3) is 2.78. The second kappa shape index (κ2) is 7.00. The Morgan fingerprint density at radius 1 is 0.323 bits per heavy atom. The average Bonchev–Trinajstić information content (AvgIpc) is 2.83. The Hall–Kier alpha value is -4.10. The smallest absolute Gasteiger partial charge is 0.123 e. The molecular formula is C30H20O. The van der Waals surface area contributed by atoms with E-state index >= 15 is 0 Å². The van der Waals surface area contributed by atoms with E-state index in [1.165, 1.54) is 43.1 Å². The first kappa shape index (κ1) is 17.7. The van der Waals surface area contributed by atoms with Gasteiger partial charge in [0.15, 0.2) is 0 Å². The Morgan fingerprint density at radius 3 is 1.16 bits per heavy atom. The molecule has 7 rings (SSSR count). The lowest BCUT2D eigenvalue weighted by atomic mass is 9.90. The summed E-state index contributed by atoms with van der Waals surface area (Å²) in [5, 5.41) is 22.2. The molecule has 1 N–H and O–H groups in total. The molecule has 0 aliphatic heterocycles. The number of phenols is 1. The minimum atomic E-state index is 0.350. The van der Waals surface area contributed by atoms with Crippen molar-refractivity contribution in [3.05, 3.63) is 115 Å². The normalized spacial score (nSPS) is 11.4. The van der Waals surface area contributed by atoms with E-state index in [0.29, 0.717) is 5.75 Å². The molecule has 146 valence electrons. The molecule has 0 radical (unpaired) electrons. The Balaban J connectivity index is 0.000000143. The SMILES string of the molecule is Oc1cccc2ccccc12.c1cc2cccc3c4cccc5cccc(c(c1)c23)c54. The fraction of sp³-hybridized carbons (Fsp3) is 0. The second-order valence-electron chi connectivity index (χ2n) is 7.92. The number of hydrogen-bond donors (Lipinski definition) is 1. The number of fused-ring (bicyclic) bond motifs is 3. The lowest BCUT2D eigenvalue weighted by molar-refractivity contribution is 0.481. The van der Waals surface area contributed by atoms with E-state index in [0.717, 1.165) is 10.8 Å². The van der Waals surface area contributed by atoms with Crippen LogP contribution in [-0.4, -0.2) is 5.11 Å². The summed E-state index contributed by atoms with van der Waals surface area (Å²) in [5.41, 5.74) is 0. The molecule has 0 aliphatic rings. The summed E-state index contributed by atoms with van der Waals surface area (Å²) in [6.07, 6.45) is 0. The summed E-state index contributed by atoms with van der Waals surface area (Å²) in [6, 6.07) is 39.7. The summed E-state index contributed by atoms with van der Waals surface area (Å²) >= 11 is 0. The van der Waals surface area contributed by atoms with Crippen LogP contribution < -0.4 is 0 Å². The Kier molecular flexibility index (Phi) is 4.00. The predicted octanol–water partition coefficient (Wildman–Crippen LogP) is 8.28. The molecule has 0 aromatic heterocycles. The first-order valence-electron chi connectivity index (χ1n) is 10.5. The zero-order valence-electron chi connectivity index (χ0n) is 16.9. The van der Waals surface area contributed by atoms with Gasteiger partial charge in [0.2, 0.25) is 0 Å². The molecule has 0 heterocycles. The van der Waals surface area contributed by atoms with Crippen LogP contribution in [0.15, 0.2) is 115 Å². The summed E-state index contributed by atoms with van der Waals surface area (Å²) < 4.78 is 0. The lowest BCUT2D eigenvalue weighted by Crippen LogP contribution is -1.85. The minimum absolute atomic E-state index is 0.350. The summed E-state index contributed by atoms with van der Waals surface area (Å²) in [6.45, 7) is 0. The largest absolute Gasteiger partial charge is 0.507 e. The summed E-state index contributed by atoms with van der Waals surface area (Å²) in [4.78, 5) is 0. The molecule has 0 saturated heterocycles. The van der Waals surface area contributed by atoms with Gasteiger partial charge < -0.3 is 5.11 Å². The zero-order chi connectivity index (χ0) is 20.8. The van der Waals surface area contributed by atoms with Gasteiger partial charge in [-0.15, -0.1) is 0 Å². The first-order valence-corrected chi connectivity index (χ1v) is 10.5. The van der Waals surface area contributed by atoms with Gasteiger partial charge in [0, 0.05) is 5.39 Å². The minimum Gasteiger partial charge on any atom is -0.507 e. The number of rotatable bonds is 0. The number of hydrogen-bond acceptors (Lipinski definition) is 1. The van der Waals surface area contributed by atoms with E-state index in [4.69, 9.17) is 0 Å². The number of phenolic OH excluding ortho intramolecular Hbond substituents is 1. The second-order valence-corrected chi connectivity index (χ2v) is 7.92. The standard InChI is InChI=1S/C20H12.C10H8O/c1-5-13-6-2-11-17-18-12-4-8-14-7-3-10-16(20(14)18)15(9-1)19(13)17;11-10-7-3-5-8-4-1-2-6-9(8)10/h1-12H;1-7,11H. The van der Waals surface area contributed by atoms with Crippen LogP contribution in [0.5, 0.6) is 5.75 Å². The Morgan fingerprint density at radius 2 is 0.677 bits per heavy atom. The van der Waals surface area contributed by atoms with Gasteiger partial charge in [0.05, 0.1) is 0 Å². The van der Waals surface area contributed by atoms with Crippen LogP contribution in [0.1, 0.15) is 0 Å². The van der Waals surface area contributed by atoms with Crippen LogP contribution in [0.2, 0.25) is 0 Å². The van der Waals surface area contributed by atoms with Crippen LogP contribution in [-0.2, 0) is 0 Å². The van der Waals surface area contributed by atoms with Gasteiger partial charge in [0.25, 0.3) is 0 Å². The van der Waals surface area contributed by atoms with Crippen molar-refractivity contribution in [2.45, 2.75) is 0 Å². The third-order valence-corrected chi connectivity index (χ3v) is 6.16. The first-order chi connectivity index (χ1) is 15.3. The molecule has 0 amide bonds. The van der Waals surface area contributed by atoms with E-state index in [1.807, 2.05) is 36.4 Å². The van der Waals surface area contributed by atoms with E-state index < -0.39 is 0 Å². The van der Waals surface area contributed by atoms with Gasteiger partial charge in [-0.05, 0) is 54.5 Å². The van der Waals surface area contributed by atoms with Gasteiger partial charge in [-0.25, -0.2) is 0 Å². The van der Waals surface area contributed by atoms with Crippen molar-refractivity contribution >= 4 is 53.9 Å². The quantitative estimate of drug-likeness (QED) is 0.202. The van der Waals surface area contributed by atoms with Crippen LogP contribution >= 0.6 is 0 Å². The molecule has 31 heavy (non-hydrogen) atoms. The molecule has 1 heteroatoms. The van der Waals surface area contributed by atoms with E-state index in [2.05, 4.69) is 72.8 Å². The summed E-state index contributed by atoms with van der Waals surface area (Å²) in [7, 11) is 0. The molecule has 0 unspecified atom stereocenters. The molecule has 0 fully saturated rings. The fourth-order valence-corrected chi connectivity index (χ4v) is 4.79. The maximum Gasteiger partial charge on any atom is 0.123 e. The van der Waals surface area contributed by atoms with Crippen LogP contribution in [0.25, 0.3) is 53.9 Å². The van der Waals surface area contributed by atoms with Crippen LogP contribution in [0.4, 0.5) is 0 Å². The molecule has 1 nitrogen and oxygen atoms in total.